The summed E-state index contributed by atoms with van der Waals surface area (Å²) in [6.45, 7) is 6.03. The van der Waals surface area contributed by atoms with Crippen molar-refractivity contribution in [1.82, 2.24) is 5.32 Å². The summed E-state index contributed by atoms with van der Waals surface area (Å²) in [6, 6.07) is 3.99. The van der Waals surface area contributed by atoms with Gasteiger partial charge in [0.2, 0.25) is 6.79 Å². The predicted molar refractivity (Wildman–Crippen MR) is 70.9 cm³/mol. The highest BCUT2D eigenvalue weighted by atomic mass is 79.9. The minimum absolute atomic E-state index is 0.294. The molecule has 0 saturated carbocycles. The molecule has 0 aromatic heterocycles. The highest BCUT2D eigenvalue weighted by Crippen LogP contribution is 2.37. The van der Waals surface area contributed by atoms with E-state index >= 15 is 0 Å². The van der Waals surface area contributed by atoms with E-state index in [4.69, 9.17) is 14.2 Å². The monoisotopic (exact) mass is 313 g/mol. The first-order chi connectivity index (χ1) is 8.66. The van der Waals surface area contributed by atoms with Crippen molar-refractivity contribution < 1.29 is 14.2 Å². The molecule has 1 fully saturated rings. The Bertz CT molecular complexity index is 460. The highest BCUT2D eigenvalue weighted by molar-refractivity contribution is 9.10. The predicted octanol–water partition coefficient (Wildman–Crippen LogP) is 2.30. The number of benzene rings is 1. The Balaban J connectivity index is 1.62. The zero-order valence-corrected chi connectivity index (χ0v) is 11.9. The molecule has 0 aliphatic carbocycles. The summed E-state index contributed by atoms with van der Waals surface area (Å²) < 4.78 is 17.0. The van der Waals surface area contributed by atoms with Crippen molar-refractivity contribution in [3.8, 4) is 11.5 Å². The Morgan fingerprint density at radius 2 is 2.00 bits per heavy atom. The van der Waals surface area contributed by atoms with E-state index < -0.39 is 0 Å². The standard InChI is InChI=1S/C13H16BrNO3/c1-13(6-16-7-13)5-15-4-9-2-11-12(3-10(9)14)18-8-17-11/h2-3,15H,4-8H2,1H3. The molecule has 1 N–H and O–H groups in total. The number of rotatable bonds is 4. The summed E-state index contributed by atoms with van der Waals surface area (Å²) in [6.07, 6.45) is 0. The van der Waals surface area contributed by atoms with Gasteiger partial charge in [0.25, 0.3) is 0 Å². The second-order valence-electron chi connectivity index (χ2n) is 5.20. The van der Waals surface area contributed by atoms with Gasteiger partial charge in [-0.1, -0.05) is 22.9 Å². The average Bonchev–Trinajstić information content (AvgIpc) is 2.74. The van der Waals surface area contributed by atoms with E-state index in [1.807, 2.05) is 12.1 Å². The molecule has 0 spiro atoms. The zero-order valence-electron chi connectivity index (χ0n) is 10.3. The number of hydrogen-bond acceptors (Lipinski definition) is 4. The van der Waals surface area contributed by atoms with Gasteiger partial charge in [-0.25, -0.2) is 0 Å². The van der Waals surface area contributed by atoms with Crippen LogP contribution in [-0.2, 0) is 11.3 Å². The third-order valence-electron chi connectivity index (χ3n) is 3.31. The van der Waals surface area contributed by atoms with E-state index in [0.717, 1.165) is 42.3 Å². The fraction of sp³-hybridized carbons (Fsp3) is 0.538. The van der Waals surface area contributed by atoms with Crippen LogP contribution in [0.5, 0.6) is 11.5 Å². The van der Waals surface area contributed by atoms with Crippen molar-refractivity contribution in [1.29, 1.82) is 0 Å². The summed E-state index contributed by atoms with van der Waals surface area (Å²) in [4.78, 5) is 0. The van der Waals surface area contributed by atoms with Gasteiger partial charge in [-0.15, -0.1) is 0 Å². The first-order valence-electron chi connectivity index (χ1n) is 6.03. The lowest BCUT2D eigenvalue weighted by atomic mass is 9.89. The Kier molecular flexibility index (Phi) is 3.21. The Hall–Kier alpha value is -0.780. The van der Waals surface area contributed by atoms with E-state index in [1.165, 1.54) is 5.56 Å². The molecule has 1 aromatic carbocycles. The van der Waals surface area contributed by atoms with Crippen LogP contribution in [0.2, 0.25) is 0 Å². The zero-order chi connectivity index (χ0) is 12.6. The minimum Gasteiger partial charge on any atom is -0.454 e. The quantitative estimate of drug-likeness (QED) is 0.926. The van der Waals surface area contributed by atoms with Crippen LogP contribution in [0, 0.1) is 5.41 Å². The van der Waals surface area contributed by atoms with Gasteiger partial charge in [-0.05, 0) is 17.7 Å². The number of fused-ring (bicyclic) bond motifs is 1. The molecular formula is C13H16BrNO3. The van der Waals surface area contributed by atoms with Crippen LogP contribution in [-0.4, -0.2) is 26.6 Å². The van der Waals surface area contributed by atoms with Crippen LogP contribution in [0.15, 0.2) is 16.6 Å². The Morgan fingerprint density at radius 1 is 1.28 bits per heavy atom. The van der Waals surface area contributed by atoms with Crippen molar-refractivity contribution in [2.45, 2.75) is 13.5 Å². The van der Waals surface area contributed by atoms with Crippen LogP contribution < -0.4 is 14.8 Å². The number of ether oxygens (including phenoxy) is 3. The molecule has 0 amide bonds. The van der Waals surface area contributed by atoms with E-state index in [2.05, 4.69) is 28.2 Å². The largest absolute Gasteiger partial charge is 0.454 e. The van der Waals surface area contributed by atoms with Crippen molar-refractivity contribution in [2.24, 2.45) is 5.41 Å². The smallest absolute Gasteiger partial charge is 0.231 e. The van der Waals surface area contributed by atoms with Crippen molar-refractivity contribution in [3.63, 3.8) is 0 Å². The lowest BCUT2D eigenvalue weighted by molar-refractivity contribution is -0.0991. The molecule has 5 heteroatoms. The van der Waals surface area contributed by atoms with Gasteiger partial charge in [0, 0.05) is 23.0 Å². The van der Waals surface area contributed by atoms with Gasteiger partial charge in [0.15, 0.2) is 11.5 Å². The van der Waals surface area contributed by atoms with Gasteiger partial charge in [0.1, 0.15) is 0 Å². The van der Waals surface area contributed by atoms with Crippen LogP contribution in [0.1, 0.15) is 12.5 Å². The fourth-order valence-electron chi connectivity index (χ4n) is 2.15. The molecule has 0 bridgehead atoms. The Labute approximate surface area is 115 Å². The molecule has 2 aliphatic heterocycles. The average molecular weight is 314 g/mol. The van der Waals surface area contributed by atoms with Crippen LogP contribution in [0.3, 0.4) is 0 Å². The van der Waals surface area contributed by atoms with Gasteiger partial charge in [-0.3, -0.25) is 0 Å². The minimum atomic E-state index is 0.294. The molecule has 98 valence electrons. The van der Waals surface area contributed by atoms with E-state index in [9.17, 15) is 0 Å². The topological polar surface area (TPSA) is 39.7 Å². The molecule has 1 saturated heterocycles. The number of halogens is 1. The summed E-state index contributed by atoms with van der Waals surface area (Å²) in [5.41, 5.74) is 1.48. The lowest BCUT2D eigenvalue weighted by Crippen LogP contribution is -2.47. The van der Waals surface area contributed by atoms with Crippen molar-refractivity contribution in [2.75, 3.05) is 26.6 Å². The normalized spacial score (nSPS) is 19.7. The molecule has 18 heavy (non-hydrogen) atoms. The molecule has 4 nitrogen and oxygen atoms in total. The maximum atomic E-state index is 5.38. The second-order valence-corrected chi connectivity index (χ2v) is 6.06. The van der Waals surface area contributed by atoms with Gasteiger partial charge >= 0.3 is 0 Å². The van der Waals surface area contributed by atoms with Crippen molar-refractivity contribution >= 4 is 15.9 Å². The molecule has 0 radical (unpaired) electrons. The molecule has 2 aliphatic rings. The van der Waals surface area contributed by atoms with E-state index in [-0.39, 0.29) is 0 Å². The fourth-order valence-corrected chi connectivity index (χ4v) is 2.61. The second kappa shape index (κ2) is 4.72. The summed E-state index contributed by atoms with van der Waals surface area (Å²) in [5, 5.41) is 3.47. The van der Waals surface area contributed by atoms with Crippen LogP contribution in [0.4, 0.5) is 0 Å². The molecule has 0 atom stereocenters. The summed E-state index contributed by atoms with van der Waals surface area (Å²) in [7, 11) is 0. The molecule has 0 unspecified atom stereocenters. The Morgan fingerprint density at radius 3 is 2.67 bits per heavy atom. The number of hydrogen-bond donors (Lipinski definition) is 1. The first-order valence-corrected chi connectivity index (χ1v) is 6.82. The van der Waals surface area contributed by atoms with Gasteiger partial charge in [-0.2, -0.15) is 0 Å². The third kappa shape index (κ3) is 2.35. The molecular weight excluding hydrogens is 298 g/mol. The molecule has 2 heterocycles. The first kappa shape index (κ1) is 12.3. The summed E-state index contributed by atoms with van der Waals surface area (Å²) >= 11 is 3.56. The number of nitrogens with one attached hydrogen (secondary N) is 1. The molecule has 3 rings (SSSR count). The maximum Gasteiger partial charge on any atom is 0.231 e. The van der Waals surface area contributed by atoms with E-state index in [1.54, 1.807) is 0 Å². The lowest BCUT2D eigenvalue weighted by Gasteiger charge is -2.38. The van der Waals surface area contributed by atoms with Crippen molar-refractivity contribution in [3.05, 3.63) is 22.2 Å². The highest BCUT2D eigenvalue weighted by Gasteiger charge is 2.32. The van der Waals surface area contributed by atoms with E-state index in [0.29, 0.717) is 12.2 Å². The van der Waals surface area contributed by atoms with Crippen LogP contribution >= 0.6 is 15.9 Å². The maximum absolute atomic E-state index is 5.38. The SMILES string of the molecule is CC1(CNCc2cc3c(cc2Br)OCO3)COC1. The summed E-state index contributed by atoms with van der Waals surface area (Å²) in [5.74, 6) is 1.64. The van der Waals surface area contributed by atoms with Gasteiger partial charge in [0.05, 0.1) is 13.2 Å². The van der Waals surface area contributed by atoms with Gasteiger partial charge < -0.3 is 19.5 Å². The van der Waals surface area contributed by atoms with Crippen LogP contribution in [0.25, 0.3) is 0 Å². The molecule has 1 aromatic rings. The third-order valence-corrected chi connectivity index (χ3v) is 4.05.